The Hall–Kier alpha value is -1.65. The highest BCUT2D eigenvalue weighted by Gasteiger charge is 2.28. The molecule has 10 heteroatoms. The molecule has 1 saturated heterocycles. The first-order chi connectivity index (χ1) is 10.7. The number of nitrogens with one attached hydrogen (secondary N) is 1. The number of aliphatic carboxylic acids is 1. The summed E-state index contributed by atoms with van der Waals surface area (Å²) in [5.41, 5.74) is 0.437. The SMILES string of the molecule is O=C(O)CCCNS(=O)(=O)c1ccc(N2CCCS2(=O)=O)cc1. The third-order valence-corrected chi connectivity index (χ3v) is 6.74. The highest BCUT2D eigenvalue weighted by atomic mass is 32.2. The summed E-state index contributed by atoms with van der Waals surface area (Å²) in [6, 6.07) is 5.58. The van der Waals surface area contributed by atoms with Crippen LogP contribution >= 0.6 is 0 Å². The Bertz CT molecular complexity index is 771. The summed E-state index contributed by atoms with van der Waals surface area (Å²) >= 11 is 0. The number of carboxylic acids is 1. The Morgan fingerprint density at radius 1 is 1.26 bits per heavy atom. The highest BCUT2D eigenvalue weighted by Crippen LogP contribution is 2.25. The lowest BCUT2D eigenvalue weighted by Crippen LogP contribution is -2.26. The molecule has 1 aliphatic rings. The fraction of sp³-hybridized carbons (Fsp3) is 0.462. The number of benzene rings is 1. The van der Waals surface area contributed by atoms with Gasteiger partial charge in [-0.1, -0.05) is 0 Å². The number of carboxylic acid groups (broad SMARTS) is 1. The molecule has 8 nitrogen and oxygen atoms in total. The molecule has 2 rings (SSSR count). The molecule has 1 aliphatic heterocycles. The first kappa shape index (κ1) is 17.7. The van der Waals surface area contributed by atoms with Crippen molar-refractivity contribution in [3.8, 4) is 0 Å². The molecular formula is C13H18N2O6S2. The molecule has 0 aromatic heterocycles. The van der Waals surface area contributed by atoms with Crippen LogP contribution in [0.3, 0.4) is 0 Å². The van der Waals surface area contributed by atoms with Gasteiger partial charge in [0.15, 0.2) is 0 Å². The van der Waals surface area contributed by atoms with Gasteiger partial charge in [0.2, 0.25) is 20.0 Å². The van der Waals surface area contributed by atoms with Crippen LogP contribution in [0.2, 0.25) is 0 Å². The zero-order valence-electron chi connectivity index (χ0n) is 12.3. The highest BCUT2D eigenvalue weighted by molar-refractivity contribution is 7.93. The van der Waals surface area contributed by atoms with Gasteiger partial charge in [0.25, 0.3) is 0 Å². The fourth-order valence-corrected chi connectivity index (χ4v) is 4.89. The van der Waals surface area contributed by atoms with E-state index in [0.29, 0.717) is 18.7 Å². The molecule has 0 amide bonds. The maximum atomic E-state index is 12.0. The number of carbonyl (C=O) groups is 1. The van der Waals surface area contributed by atoms with Crippen molar-refractivity contribution in [3.05, 3.63) is 24.3 Å². The molecule has 1 aromatic rings. The number of sulfonamides is 2. The topological polar surface area (TPSA) is 121 Å². The molecule has 1 aromatic carbocycles. The van der Waals surface area contributed by atoms with Crippen molar-refractivity contribution < 1.29 is 26.7 Å². The third-order valence-electron chi connectivity index (χ3n) is 3.39. The minimum Gasteiger partial charge on any atom is -0.481 e. The lowest BCUT2D eigenvalue weighted by atomic mass is 10.3. The van der Waals surface area contributed by atoms with E-state index >= 15 is 0 Å². The van der Waals surface area contributed by atoms with Gasteiger partial charge in [0.1, 0.15) is 0 Å². The first-order valence-electron chi connectivity index (χ1n) is 7.04. The largest absolute Gasteiger partial charge is 0.481 e. The van der Waals surface area contributed by atoms with Crippen LogP contribution in [0.4, 0.5) is 5.69 Å². The van der Waals surface area contributed by atoms with Crippen molar-refractivity contribution in [3.63, 3.8) is 0 Å². The Balaban J connectivity index is 2.05. The van der Waals surface area contributed by atoms with Gasteiger partial charge < -0.3 is 5.11 Å². The van der Waals surface area contributed by atoms with Crippen LogP contribution in [-0.4, -0.2) is 46.8 Å². The summed E-state index contributed by atoms with van der Waals surface area (Å²) in [5, 5.41) is 8.51. The van der Waals surface area contributed by atoms with E-state index in [2.05, 4.69) is 4.72 Å². The van der Waals surface area contributed by atoms with Crippen LogP contribution in [0.15, 0.2) is 29.2 Å². The zero-order valence-corrected chi connectivity index (χ0v) is 13.9. The summed E-state index contributed by atoms with van der Waals surface area (Å²) in [7, 11) is -7.04. The average molecular weight is 362 g/mol. The molecule has 0 aliphatic carbocycles. The molecule has 1 fully saturated rings. The second-order valence-corrected chi connectivity index (χ2v) is 8.91. The molecule has 0 bridgehead atoms. The average Bonchev–Trinajstić information content (AvgIpc) is 2.83. The molecular weight excluding hydrogens is 344 g/mol. The molecule has 0 spiro atoms. The van der Waals surface area contributed by atoms with E-state index in [0.717, 1.165) is 0 Å². The summed E-state index contributed by atoms with van der Waals surface area (Å²) in [6.07, 6.45) is 0.625. The van der Waals surface area contributed by atoms with Crippen molar-refractivity contribution in [1.29, 1.82) is 0 Å². The predicted molar refractivity (Wildman–Crippen MR) is 84.3 cm³/mol. The van der Waals surface area contributed by atoms with Gasteiger partial charge in [-0.25, -0.2) is 21.6 Å². The summed E-state index contributed by atoms with van der Waals surface area (Å²) in [6.45, 7) is 0.415. The van der Waals surface area contributed by atoms with Gasteiger partial charge in [-0.05, 0) is 37.1 Å². The van der Waals surface area contributed by atoms with Gasteiger partial charge in [0.05, 0.1) is 16.3 Å². The van der Waals surface area contributed by atoms with Crippen LogP contribution in [0, 0.1) is 0 Å². The van der Waals surface area contributed by atoms with Crippen LogP contribution in [-0.2, 0) is 24.8 Å². The van der Waals surface area contributed by atoms with Crippen LogP contribution < -0.4 is 9.03 Å². The Morgan fingerprint density at radius 3 is 2.43 bits per heavy atom. The second-order valence-electron chi connectivity index (χ2n) is 5.13. The fourth-order valence-electron chi connectivity index (χ4n) is 2.25. The minimum atomic E-state index is -3.74. The van der Waals surface area contributed by atoms with Gasteiger partial charge in [-0.2, -0.15) is 0 Å². The quantitative estimate of drug-likeness (QED) is 0.676. The third kappa shape index (κ3) is 4.43. The maximum Gasteiger partial charge on any atom is 0.303 e. The van der Waals surface area contributed by atoms with Gasteiger partial charge in [-0.15, -0.1) is 0 Å². The molecule has 0 unspecified atom stereocenters. The number of hydrogen-bond acceptors (Lipinski definition) is 5. The molecule has 0 atom stereocenters. The molecule has 128 valence electrons. The lowest BCUT2D eigenvalue weighted by molar-refractivity contribution is -0.137. The summed E-state index contributed by atoms with van der Waals surface area (Å²) < 4.78 is 51.3. The standard InChI is InChI=1S/C13H18N2O6S2/c16-13(17)3-1-8-14-23(20,21)12-6-4-11(5-7-12)15-9-2-10-22(15,18)19/h4-7,14H,1-3,8-10H2,(H,16,17). The normalized spacial score (nSPS) is 17.3. The van der Waals surface area contributed by atoms with E-state index in [1.807, 2.05) is 0 Å². The van der Waals surface area contributed by atoms with Crippen LogP contribution in [0.5, 0.6) is 0 Å². The maximum absolute atomic E-state index is 12.0. The van der Waals surface area contributed by atoms with E-state index in [1.54, 1.807) is 0 Å². The van der Waals surface area contributed by atoms with Crippen molar-refractivity contribution in [2.75, 3.05) is 23.1 Å². The molecule has 0 radical (unpaired) electrons. The van der Waals surface area contributed by atoms with Crippen molar-refractivity contribution in [2.24, 2.45) is 0 Å². The number of anilines is 1. The van der Waals surface area contributed by atoms with E-state index in [4.69, 9.17) is 5.11 Å². The zero-order chi connectivity index (χ0) is 17.1. The van der Waals surface area contributed by atoms with Crippen molar-refractivity contribution >= 4 is 31.7 Å². The molecule has 2 N–H and O–H groups in total. The summed E-state index contributed by atoms with van der Waals surface area (Å²) in [4.78, 5) is 10.4. The van der Waals surface area contributed by atoms with Crippen molar-refractivity contribution in [2.45, 2.75) is 24.2 Å². The molecule has 0 saturated carbocycles. The molecule has 23 heavy (non-hydrogen) atoms. The lowest BCUT2D eigenvalue weighted by Gasteiger charge is -2.17. The van der Waals surface area contributed by atoms with Gasteiger partial charge in [-0.3, -0.25) is 9.10 Å². The predicted octanol–water partition coefficient (Wildman–Crippen LogP) is 0.370. The smallest absolute Gasteiger partial charge is 0.303 e. The number of hydrogen-bond donors (Lipinski definition) is 2. The van der Waals surface area contributed by atoms with Gasteiger partial charge in [0, 0.05) is 19.5 Å². The first-order valence-corrected chi connectivity index (χ1v) is 10.1. The van der Waals surface area contributed by atoms with E-state index in [1.165, 1.54) is 28.6 Å². The van der Waals surface area contributed by atoms with Crippen LogP contribution in [0.1, 0.15) is 19.3 Å². The monoisotopic (exact) mass is 362 g/mol. The van der Waals surface area contributed by atoms with E-state index in [-0.39, 0.29) is 30.0 Å². The Kier molecular flexibility index (Phi) is 5.27. The van der Waals surface area contributed by atoms with Gasteiger partial charge >= 0.3 is 5.97 Å². The number of rotatable bonds is 7. The minimum absolute atomic E-state index is 0.00756. The second kappa shape index (κ2) is 6.85. The van der Waals surface area contributed by atoms with Crippen LogP contribution in [0.25, 0.3) is 0 Å². The number of nitrogens with zero attached hydrogens (tertiary/aromatic N) is 1. The van der Waals surface area contributed by atoms with Crippen molar-refractivity contribution in [1.82, 2.24) is 4.72 Å². The Labute approximate surface area is 135 Å². The summed E-state index contributed by atoms with van der Waals surface area (Å²) in [5.74, 6) is -0.890. The van der Waals surface area contributed by atoms with E-state index in [9.17, 15) is 21.6 Å². The molecule has 1 heterocycles. The Morgan fingerprint density at radius 2 is 1.91 bits per heavy atom. The van der Waals surface area contributed by atoms with E-state index < -0.39 is 26.0 Å².